The molecule has 0 radical (unpaired) electrons. The molecule has 0 bridgehead atoms. The van der Waals surface area contributed by atoms with Crippen LogP contribution in [0.25, 0.3) is 0 Å². The fraction of sp³-hybridized carbons (Fsp3) is 0.136. The van der Waals surface area contributed by atoms with Crippen molar-refractivity contribution in [3.8, 4) is 5.75 Å². The fourth-order valence-corrected chi connectivity index (χ4v) is 4.22. The Hall–Kier alpha value is -1.92. The van der Waals surface area contributed by atoms with Crippen molar-refractivity contribution in [2.75, 3.05) is 0 Å². The Morgan fingerprint density at radius 3 is 2.55 bits per heavy atom. The maximum atomic E-state index is 14.6. The second-order valence-electron chi connectivity index (χ2n) is 6.75. The van der Waals surface area contributed by atoms with Crippen LogP contribution in [-0.4, -0.2) is 10.8 Å². The van der Waals surface area contributed by atoms with Crippen molar-refractivity contribution in [1.29, 1.82) is 0 Å². The number of phenolic OH excluding ortho intramolecular Hbond substituents is 1. The Morgan fingerprint density at radius 2 is 1.83 bits per heavy atom. The third-order valence-corrected chi connectivity index (χ3v) is 5.93. The monoisotopic (exact) mass is 492 g/mol. The smallest absolute Gasteiger partial charge is 0.131 e. The van der Waals surface area contributed by atoms with E-state index in [0.29, 0.717) is 22.0 Å². The molecule has 0 saturated heterocycles. The van der Waals surface area contributed by atoms with E-state index < -0.39 is 12.0 Å². The quantitative estimate of drug-likeness (QED) is 0.420. The molecular weight excluding hydrogens is 478 g/mol. The molecule has 3 aromatic carbocycles. The molecule has 0 spiro atoms. The van der Waals surface area contributed by atoms with Crippen molar-refractivity contribution in [2.45, 2.75) is 18.6 Å². The standard InChI is InChI=1S/C22H16BrCl2FN2O/c23-13-6-9-20(29)15(10-13)19-11-18(12-4-7-14(24)8-5-12)27-22(28-19)21-16(25)2-1-3-17(21)26/h1-10,19,22,28-29H,11H2/t19-,22-/m0/s1. The number of phenols is 1. The van der Waals surface area contributed by atoms with Crippen LogP contribution in [0.15, 0.2) is 70.1 Å². The van der Waals surface area contributed by atoms with Crippen molar-refractivity contribution in [3.05, 3.63) is 97.7 Å². The Bertz CT molecular complexity index is 1070. The van der Waals surface area contributed by atoms with Gasteiger partial charge in [0.15, 0.2) is 0 Å². The largest absolute Gasteiger partial charge is 0.508 e. The van der Waals surface area contributed by atoms with Gasteiger partial charge in [0, 0.05) is 38.8 Å². The molecule has 0 aromatic heterocycles. The van der Waals surface area contributed by atoms with E-state index in [-0.39, 0.29) is 17.4 Å². The SMILES string of the molecule is Oc1ccc(Br)cc1[C@@H]1CC(c2ccc(Cl)cc2)=N[C@H](c2c(F)cccc2Cl)N1. The van der Waals surface area contributed by atoms with Crippen molar-refractivity contribution in [3.63, 3.8) is 0 Å². The zero-order valence-electron chi connectivity index (χ0n) is 15.0. The van der Waals surface area contributed by atoms with Gasteiger partial charge in [0.25, 0.3) is 0 Å². The molecule has 0 fully saturated rings. The molecule has 2 N–H and O–H groups in total. The van der Waals surface area contributed by atoms with Crippen LogP contribution in [-0.2, 0) is 0 Å². The van der Waals surface area contributed by atoms with E-state index in [9.17, 15) is 9.50 Å². The van der Waals surface area contributed by atoms with Gasteiger partial charge < -0.3 is 5.11 Å². The molecule has 4 rings (SSSR count). The highest BCUT2D eigenvalue weighted by atomic mass is 79.9. The van der Waals surface area contributed by atoms with Gasteiger partial charge >= 0.3 is 0 Å². The molecule has 1 aliphatic heterocycles. The van der Waals surface area contributed by atoms with Crippen LogP contribution in [0.1, 0.15) is 35.3 Å². The number of rotatable bonds is 3. The van der Waals surface area contributed by atoms with Crippen LogP contribution in [0.5, 0.6) is 5.75 Å². The number of hydrogen-bond acceptors (Lipinski definition) is 3. The first-order valence-electron chi connectivity index (χ1n) is 8.93. The minimum atomic E-state index is -0.702. The second kappa shape index (κ2) is 8.44. The average Bonchev–Trinajstić information content (AvgIpc) is 2.70. The maximum absolute atomic E-state index is 14.6. The summed E-state index contributed by atoms with van der Waals surface area (Å²) in [5, 5.41) is 14.7. The zero-order valence-corrected chi connectivity index (χ0v) is 18.1. The van der Waals surface area contributed by atoms with Gasteiger partial charge in [0.1, 0.15) is 17.7 Å². The van der Waals surface area contributed by atoms with Gasteiger partial charge in [0.2, 0.25) is 0 Å². The summed E-state index contributed by atoms with van der Waals surface area (Å²) in [6.07, 6.45) is -0.194. The zero-order chi connectivity index (χ0) is 20.5. The molecule has 1 heterocycles. The predicted octanol–water partition coefficient (Wildman–Crippen LogP) is 6.82. The van der Waals surface area contributed by atoms with Gasteiger partial charge in [0.05, 0.1) is 5.02 Å². The molecule has 3 nitrogen and oxygen atoms in total. The number of benzene rings is 3. The van der Waals surface area contributed by atoms with E-state index in [4.69, 9.17) is 28.2 Å². The summed E-state index contributed by atoms with van der Waals surface area (Å²) in [5.41, 5.74) is 2.62. The minimum absolute atomic E-state index is 0.154. The summed E-state index contributed by atoms with van der Waals surface area (Å²) < 4.78 is 15.5. The topological polar surface area (TPSA) is 44.6 Å². The molecular formula is C22H16BrCl2FN2O. The van der Waals surface area contributed by atoms with E-state index in [0.717, 1.165) is 15.7 Å². The van der Waals surface area contributed by atoms with E-state index in [1.54, 1.807) is 36.4 Å². The van der Waals surface area contributed by atoms with Gasteiger partial charge in [-0.3, -0.25) is 10.3 Å². The number of hydrogen-bond donors (Lipinski definition) is 2. The van der Waals surface area contributed by atoms with E-state index in [1.807, 2.05) is 18.2 Å². The lowest BCUT2D eigenvalue weighted by Crippen LogP contribution is -2.33. The van der Waals surface area contributed by atoms with Gasteiger partial charge in [-0.2, -0.15) is 0 Å². The van der Waals surface area contributed by atoms with Gasteiger partial charge in [-0.1, -0.05) is 57.3 Å². The normalized spacial score (nSPS) is 19.1. The number of nitrogens with zero attached hydrogens (tertiary/aromatic N) is 1. The first kappa shape index (κ1) is 20.4. The third-order valence-electron chi connectivity index (χ3n) is 4.86. The van der Waals surface area contributed by atoms with Gasteiger partial charge in [-0.25, -0.2) is 4.39 Å². The number of aliphatic imine (C=N–C) groups is 1. The number of halogens is 4. The Balaban J connectivity index is 1.82. The lowest BCUT2D eigenvalue weighted by atomic mass is 9.93. The van der Waals surface area contributed by atoms with E-state index >= 15 is 0 Å². The van der Waals surface area contributed by atoms with Gasteiger partial charge in [-0.15, -0.1) is 0 Å². The Morgan fingerprint density at radius 1 is 1.07 bits per heavy atom. The average molecular weight is 494 g/mol. The second-order valence-corrected chi connectivity index (χ2v) is 8.51. The Labute approximate surface area is 186 Å². The molecule has 7 heteroatoms. The van der Waals surface area contributed by atoms with Crippen LogP contribution >= 0.6 is 39.1 Å². The fourth-order valence-electron chi connectivity index (χ4n) is 3.45. The summed E-state index contributed by atoms with van der Waals surface area (Å²) in [6.45, 7) is 0. The van der Waals surface area contributed by atoms with Crippen LogP contribution < -0.4 is 5.32 Å². The Kier molecular flexibility index (Phi) is 5.93. The molecule has 0 unspecified atom stereocenters. The first-order chi connectivity index (χ1) is 13.9. The van der Waals surface area contributed by atoms with Crippen molar-refractivity contribution >= 4 is 44.8 Å². The maximum Gasteiger partial charge on any atom is 0.131 e. The molecule has 0 saturated carbocycles. The lowest BCUT2D eigenvalue weighted by molar-refractivity contribution is 0.405. The summed E-state index contributed by atoms with van der Waals surface area (Å²) in [7, 11) is 0. The molecule has 2 atom stereocenters. The minimum Gasteiger partial charge on any atom is -0.508 e. The molecule has 148 valence electrons. The molecule has 0 aliphatic carbocycles. The number of aromatic hydroxyl groups is 1. The van der Waals surface area contributed by atoms with Crippen molar-refractivity contribution < 1.29 is 9.50 Å². The lowest BCUT2D eigenvalue weighted by Gasteiger charge is -2.31. The molecule has 29 heavy (non-hydrogen) atoms. The highest BCUT2D eigenvalue weighted by molar-refractivity contribution is 9.10. The highest BCUT2D eigenvalue weighted by Gasteiger charge is 2.30. The van der Waals surface area contributed by atoms with Crippen LogP contribution in [0.4, 0.5) is 4.39 Å². The van der Waals surface area contributed by atoms with Crippen LogP contribution in [0.2, 0.25) is 10.0 Å². The summed E-state index contributed by atoms with van der Waals surface area (Å²) in [4.78, 5) is 4.75. The van der Waals surface area contributed by atoms with Gasteiger partial charge in [-0.05, 0) is 48.0 Å². The molecule has 0 amide bonds. The van der Waals surface area contributed by atoms with Crippen molar-refractivity contribution in [1.82, 2.24) is 5.32 Å². The summed E-state index contributed by atoms with van der Waals surface area (Å²) >= 11 is 15.8. The summed E-state index contributed by atoms with van der Waals surface area (Å²) in [5.74, 6) is -0.283. The third kappa shape index (κ3) is 4.33. The summed E-state index contributed by atoms with van der Waals surface area (Å²) in [6, 6.07) is 16.8. The van der Waals surface area contributed by atoms with Crippen LogP contribution in [0.3, 0.4) is 0 Å². The van der Waals surface area contributed by atoms with E-state index in [2.05, 4.69) is 21.2 Å². The highest BCUT2D eigenvalue weighted by Crippen LogP contribution is 2.38. The van der Waals surface area contributed by atoms with E-state index in [1.165, 1.54) is 6.07 Å². The molecule has 3 aromatic rings. The first-order valence-corrected chi connectivity index (χ1v) is 10.5. The number of nitrogens with one attached hydrogen (secondary N) is 1. The predicted molar refractivity (Wildman–Crippen MR) is 118 cm³/mol. The van der Waals surface area contributed by atoms with Crippen LogP contribution in [0, 0.1) is 5.82 Å². The van der Waals surface area contributed by atoms with Crippen molar-refractivity contribution in [2.24, 2.45) is 4.99 Å². The molecule has 1 aliphatic rings.